The monoisotopic (exact) mass is 285 g/mol. The Balaban J connectivity index is 3.24. The van der Waals surface area contributed by atoms with Crippen molar-refractivity contribution in [1.82, 2.24) is 5.32 Å². The first kappa shape index (κ1) is 15.5. The van der Waals surface area contributed by atoms with Gasteiger partial charge in [-0.25, -0.2) is 4.79 Å². The van der Waals surface area contributed by atoms with Crippen molar-refractivity contribution in [3.05, 3.63) is 54.3 Å². The highest BCUT2D eigenvalue weighted by Gasteiger charge is 2.60. The second kappa shape index (κ2) is 5.63. The molecule has 2 N–H and O–H groups in total. The van der Waals surface area contributed by atoms with E-state index in [4.69, 9.17) is 5.11 Å². The van der Waals surface area contributed by atoms with E-state index in [9.17, 15) is 22.8 Å². The van der Waals surface area contributed by atoms with Crippen molar-refractivity contribution in [3.8, 4) is 0 Å². The third kappa shape index (κ3) is 2.89. The van der Waals surface area contributed by atoms with Gasteiger partial charge in [-0.2, -0.15) is 13.2 Å². The molecule has 106 valence electrons. The summed E-state index contributed by atoms with van der Waals surface area (Å²) in [5, 5.41) is 10.3. The Morgan fingerprint density at radius 2 is 1.80 bits per heavy atom. The molecule has 0 aliphatic rings. The number of carboxylic acids is 1. The molecular weight excluding hydrogens is 275 g/mol. The quantitative estimate of drug-likeness (QED) is 0.833. The molecular formula is C13H10F3NO3. The molecule has 0 bridgehead atoms. The van der Waals surface area contributed by atoms with Gasteiger partial charge in [0.25, 0.3) is 11.4 Å². The minimum atomic E-state index is -5.24. The van der Waals surface area contributed by atoms with Crippen LogP contribution in [0.25, 0.3) is 0 Å². The molecule has 0 unspecified atom stereocenters. The van der Waals surface area contributed by atoms with Gasteiger partial charge in [0.2, 0.25) is 0 Å². The number of hydrogen-bond acceptors (Lipinski definition) is 2. The van der Waals surface area contributed by atoms with Crippen LogP contribution < -0.4 is 5.32 Å². The van der Waals surface area contributed by atoms with Crippen molar-refractivity contribution in [1.29, 1.82) is 0 Å². The van der Waals surface area contributed by atoms with E-state index in [-0.39, 0.29) is 11.6 Å². The van der Waals surface area contributed by atoms with E-state index < -0.39 is 23.6 Å². The molecule has 0 saturated carbocycles. The fourth-order valence-corrected chi connectivity index (χ4v) is 1.42. The molecule has 0 aliphatic carbocycles. The van der Waals surface area contributed by atoms with E-state index in [0.717, 1.165) is 0 Å². The maximum atomic E-state index is 13.0. The van der Waals surface area contributed by atoms with E-state index in [1.54, 1.807) is 11.8 Å². The predicted octanol–water partition coefficient (Wildman–Crippen LogP) is 2.14. The highest BCUT2D eigenvalue weighted by atomic mass is 19.4. The zero-order chi connectivity index (χ0) is 15.4. The van der Waals surface area contributed by atoms with Gasteiger partial charge < -0.3 is 10.4 Å². The van der Waals surface area contributed by atoms with Gasteiger partial charge in [-0.05, 0) is 12.1 Å². The number of rotatable bonds is 4. The first-order chi connectivity index (χ1) is 9.24. The summed E-state index contributed by atoms with van der Waals surface area (Å²) in [6, 6.07) is 6.96. The van der Waals surface area contributed by atoms with Crippen LogP contribution >= 0.6 is 0 Å². The zero-order valence-electron chi connectivity index (χ0n) is 10.1. The van der Waals surface area contributed by atoms with Gasteiger partial charge in [0.05, 0.1) is 0 Å². The van der Waals surface area contributed by atoms with Gasteiger partial charge in [0.15, 0.2) is 0 Å². The number of nitrogens with one attached hydrogen (secondary N) is 1. The lowest BCUT2D eigenvalue weighted by molar-refractivity contribution is -0.196. The molecule has 1 atom stereocenters. The Morgan fingerprint density at radius 3 is 2.20 bits per heavy atom. The second-order valence-electron chi connectivity index (χ2n) is 3.78. The lowest BCUT2D eigenvalue weighted by Crippen LogP contribution is -2.62. The number of amides is 1. The molecule has 0 spiro atoms. The van der Waals surface area contributed by atoms with Crippen LogP contribution in [0.4, 0.5) is 13.2 Å². The summed E-state index contributed by atoms with van der Waals surface area (Å²) >= 11 is 0. The molecule has 0 aliphatic heterocycles. The lowest BCUT2D eigenvalue weighted by atomic mass is 9.98. The maximum Gasteiger partial charge on any atom is 0.426 e. The summed E-state index contributed by atoms with van der Waals surface area (Å²) in [6.07, 6.45) is -5.08. The number of carboxylic acid groups (broad SMARTS) is 1. The van der Waals surface area contributed by atoms with Gasteiger partial charge in [-0.15, -0.1) is 5.73 Å². The third-order valence-corrected chi connectivity index (χ3v) is 2.45. The van der Waals surface area contributed by atoms with Crippen molar-refractivity contribution in [2.24, 2.45) is 0 Å². The normalized spacial score (nSPS) is 13.8. The van der Waals surface area contributed by atoms with E-state index in [2.05, 4.69) is 6.58 Å². The highest BCUT2D eigenvalue weighted by Crippen LogP contribution is 2.32. The predicted molar refractivity (Wildman–Crippen MR) is 64.0 cm³/mol. The molecule has 1 aromatic carbocycles. The molecule has 4 nitrogen and oxygen atoms in total. The Bertz CT molecular complexity index is 558. The standard InChI is InChI=1S/C13H10F3NO3/c1-2-8-12(11(19)20,13(14,15)16)17-10(18)9-6-4-3-5-7-9/h3-8H,1H2,(H,17,18)(H,19,20)/t12-/m1/s1. The first-order valence-corrected chi connectivity index (χ1v) is 5.29. The third-order valence-electron chi connectivity index (χ3n) is 2.45. The van der Waals surface area contributed by atoms with Crippen LogP contribution in [0.5, 0.6) is 0 Å². The zero-order valence-corrected chi connectivity index (χ0v) is 10.1. The van der Waals surface area contributed by atoms with E-state index in [1.807, 2.05) is 0 Å². The number of aliphatic carboxylic acids is 1. The van der Waals surface area contributed by atoms with Crippen LogP contribution in [0, 0.1) is 0 Å². The van der Waals surface area contributed by atoms with Crippen molar-refractivity contribution < 1.29 is 27.9 Å². The number of carbonyl (C=O) groups is 2. The summed E-state index contributed by atoms with van der Waals surface area (Å²) in [7, 11) is 0. The molecule has 20 heavy (non-hydrogen) atoms. The number of hydrogen-bond donors (Lipinski definition) is 2. The van der Waals surface area contributed by atoms with Gasteiger partial charge in [0, 0.05) is 11.6 Å². The molecule has 0 aromatic heterocycles. The smallest absolute Gasteiger partial charge is 0.426 e. The molecule has 0 radical (unpaired) electrons. The number of benzene rings is 1. The molecule has 0 saturated heterocycles. The average Bonchev–Trinajstić information content (AvgIpc) is 2.37. The van der Waals surface area contributed by atoms with Gasteiger partial charge in [-0.1, -0.05) is 24.8 Å². The fourth-order valence-electron chi connectivity index (χ4n) is 1.42. The molecule has 7 heteroatoms. The number of carbonyl (C=O) groups excluding carboxylic acids is 1. The van der Waals surface area contributed by atoms with E-state index in [1.165, 1.54) is 29.6 Å². The summed E-state index contributed by atoms with van der Waals surface area (Å²) in [6.45, 7) is 2.93. The molecule has 1 aromatic rings. The summed E-state index contributed by atoms with van der Waals surface area (Å²) in [5.74, 6) is -3.44. The minimum Gasteiger partial charge on any atom is -0.479 e. The van der Waals surface area contributed by atoms with Crippen LogP contribution in [-0.4, -0.2) is 28.7 Å². The minimum absolute atomic E-state index is 0.0974. The van der Waals surface area contributed by atoms with Crippen LogP contribution in [0.2, 0.25) is 0 Å². The molecule has 0 heterocycles. The Hall–Kier alpha value is -2.53. The number of halogens is 3. The van der Waals surface area contributed by atoms with E-state index in [0.29, 0.717) is 0 Å². The van der Waals surface area contributed by atoms with Crippen LogP contribution in [0.15, 0.2) is 48.7 Å². The fraction of sp³-hybridized carbons (Fsp3) is 0.154. The second-order valence-corrected chi connectivity index (χ2v) is 3.78. The first-order valence-electron chi connectivity index (χ1n) is 5.29. The van der Waals surface area contributed by atoms with Crippen molar-refractivity contribution >= 4 is 11.9 Å². The summed E-state index contributed by atoms with van der Waals surface area (Å²) < 4.78 is 39.0. The van der Waals surface area contributed by atoms with Crippen LogP contribution in [0.1, 0.15) is 10.4 Å². The number of alkyl halides is 3. The molecule has 1 amide bonds. The van der Waals surface area contributed by atoms with Gasteiger partial charge in [0.1, 0.15) is 0 Å². The van der Waals surface area contributed by atoms with Crippen LogP contribution in [0.3, 0.4) is 0 Å². The van der Waals surface area contributed by atoms with Crippen molar-refractivity contribution in [3.63, 3.8) is 0 Å². The van der Waals surface area contributed by atoms with Crippen molar-refractivity contribution in [2.45, 2.75) is 11.7 Å². The topological polar surface area (TPSA) is 66.4 Å². The molecule has 1 rings (SSSR count). The van der Waals surface area contributed by atoms with E-state index >= 15 is 0 Å². The maximum absolute atomic E-state index is 13.0. The Labute approximate surface area is 112 Å². The largest absolute Gasteiger partial charge is 0.479 e. The Kier molecular flexibility index (Phi) is 4.37. The average molecular weight is 285 g/mol. The van der Waals surface area contributed by atoms with Crippen LogP contribution in [-0.2, 0) is 4.79 Å². The van der Waals surface area contributed by atoms with Crippen molar-refractivity contribution in [2.75, 3.05) is 0 Å². The summed E-state index contributed by atoms with van der Waals surface area (Å²) in [5.41, 5.74) is -1.90. The Morgan fingerprint density at radius 1 is 1.25 bits per heavy atom. The van der Waals surface area contributed by atoms with Gasteiger partial charge >= 0.3 is 12.1 Å². The molecule has 0 fully saturated rings. The summed E-state index contributed by atoms with van der Waals surface area (Å²) in [4.78, 5) is 22.7. The highest BCUT2D eigenvalue weighted by molar-refractivity contribution is 5.99. The van der Waals surface area contributed by atoms with Gasteiger partial charge in [-0.3, -0.25) is 4.79 Å². The SMILES string of the molecule is C=C=C[C@@](NC(=O)c1ccccc1)(C(=O)O)C(F)(F)F. The lowest BCUT2D eigenvalue weighted by Gasteiger charge is -2.28.